The van der Waals surface area contributed by atoms with Gasteiger partial charge in [-0.25, -0.2) is 0 Å². The Balaban J connectivity index is 2.63. The number of piperidine rings is 1. The van der Waals surface area contributed by atoms with Gasteiger partial charge in [-0.3, -0.25) is 0 Å². The molecule has 0 aromatic carbocycles. The average Bonchev–Trinajstić information content (AvgIpc) is 1.99. The molecular formula is C11H23N. The molecule has 1 rings (SSSR count). The van der Waals surface area contributed by atoms with Gasteiger partial charge in [0.25, 0.3) is 0 Å². The summed E-state index contributed by atoms with van der Waals surface area (Å²) >= 11 is 0. The lowest BCUT2D eigenvalue weighted by Gasteiger charge is -2.48. The Morgan fingerprint density at radius 3 is 2.17 bits per heavy atom. The fourth-order valence-corrected chi connectivity index (χ4v) is 1.95. The molecule has 1 heteroatoms. The van der Waals surface area contributed by atoms with Crippen molar-refractivity contribution < 1.29 is 0 Å². The third-order valence-electron chi connectivity index (χ3n) is 3.85. The third kappa shape index (κ3) is 1.82. The minimum absolute atomic E-state index is 0.425. The fraction of sp³-hybridized carbons (Fsp3) is 1.00. The van der Waals surface area contributed by atoms with Crippen molar-refractivity contribution in [2.45, 2.75) is 52.5 Å². The van der Waals surface area contributed by atoms with E-state index in [9.17, 15) is 0 Å². The second kappa shape index (κ2) is 3.02. The van der Waals surface area contributed by atoms with Crippen molar-refractivity contribution in [3.63, 3.8) is 0 Å². The van der Waals surface area contributed by atoms with Crippen LogP contribution in [0, 0.1) is 5.41 Å². The Kier molecular flexibility index (Phi) is 2.53. The van der Waals surface area contributed by atoms with Gasteiger partial charge in [-0.15, -0.1) is 0 Å². The molecule has 1 aliphatic rings. The van der Waals surface area contributed by atoms with E-state index < -0.39 is 0 Å². The van der Waals surface area contributed by atoms with E-state index in [0.29, 0.717) is 11.0 Å². The number of likely N-dealkylation sites (tertiary alicyclic amines) is 1. The second-order valence-electron chi connectivity index (χ2n) is 5.33. The molecule has 0 bridgehead atoms. The highest BCUT2D eigenvalue weighted by atomic mass is 15.2. The Hall–Kier alpha value is -0.0400. The van der Waals surface area contributed by atoms with Gasteiger partial charge in [0.1, 0.15) is 0 Å². The van der Waals surface area contributed by atoms with Crippen LogP contribution in [0.5, 0.6) is 0 Å². The van der Waals surface area contributed by atoms with Gasteiger partial charge in [-0.05, 0) is 45.6 Å². The predicted molar refractivity (Wildman–Crippen MR) is 54.3 cm³/mol. The molecule has 0 amide bonds. The molecule has 0 aromatic heterocycles. The normalized spacial score (nSPS) is 36.8. The van der Waals surface area contributed by atoms with Crippen LogP contribution in [0.15, 0.2) is 0 Å². The summed E-state index contributed by atoms with van der Waals surface area (Å²) in [6, 6.07) is 0. The largest absolute Gasteiger partial charge is 0.301 e. The molecule has 1 heterocycles. The number of hydrogen-bond acceptors (Lipinski definition) is 1. The zero-order chi connectivity index (χ0) is 9.41. The van der Waals surface area contributed by atoms with Crippen LogP contribution in [-0.2, 0) is 0 Å². The second-order valence-corrected chi connectivity index (χ2v) is 5.33. The molecule has 0 radical (unpaired) electrons. The molecule has 0 spiro atoms. The monoisotopic (exact) mass is 169 g/mol. The lowest BCUT2D eigenvalue weighted by atomic mass is 9.74. The highest BCUT2D eigenvalue weighted by Crippen LogP contribution is 2.38. The summed E-state index contributed by atoms with van der Waals surface area (Å²) in [5.74, 6) is 0. The summed E-state index contributed by atoms with van der Waals surface area (Å²) in [4.78, 5) is 2.51. The summed E-state index contributed by atoms with van der Waals surface area (Å²) in [5.41, 5.74) is 0.999. The maximum absolute atomic E-state index is 2.51. The first-order valence-corrected chi connectivity index (χ1v) is 5.11. The molecule has 0 aliphatic carbocycles. The van der Waals surface area contributed by atoms with Gasteiger partial charge in [0.2, 0.25) is 0 Å². The lowest BCUT2D eigenvalue weighted by Crippen LogP contribution is -2.51. The lowest BCUT2D eigenvalue weighted by molar-refractivity contribution is 0.0219. The smallest absolute Gasteiger partial charge is 0.0150 e. The van der Waals surface area contributed by atoms with E-state index in [4.69, 9.17) is 0 Å². The van der Waals surface area contributed by atoms with Crippen molar-refractivity contribution in [2.75, 3.05) is 13.6 Å². The molecule has 1 fully saturated rings. The Morgan fingerprint density at radius 1 is 1.17 bits per heavy atom. The van der Waals surface area contributed by atoms with E-state index in [1.807, 2.05) is 0 Å². The molecule has 0 saturated carbocycles. The van der Waals surface area contributed by atoms with Crippen molar-refractivity contribution in [3.8, 4) is 0 Å². The summed E-state index contributed by atoms with van der Waals surface area (Å²) in [5, 5.41) is 0. The Morgan fingerprint density at radius 2 is 1.75 bits per heavy atom. The van der Waals surface area contributed by atoms with E-state index in [0.717, 1.165) is 0 Å². The molecule has 0 N–H and O–H groups in total. The number of nitrogens with zero attached hydrogens (tertiary/aromatic N) is 1. The van der Waals surface area contributed by atoms with Crippen LogP contribution in [0.2, 0.25) is 0 Å². The van der Waals surface area contributed by atoms with Gasteiger partial charge in [0.05, 0.1) is 0 Å². The van der Waals surface area contributed by atoms with E-state index >= 15 is 0 Å². The molecule has 1 saturated heterocycles. The van der Waals surface area contributed by atoms with E-state index in [1.54, 1.807) is 0 Å². The number of rotatable bonds is 1. The van der Waals surface area contributed by atoms with Crippen LogP contribution in [0.3, 0.4) is 0 Å². The first kappa shape index (κ1) is 10.0. The molecule has 1 nitrogen and oxygen atoms in total. The molecule has 0 aromatic rings. The van der Waals surface area contributed by atoms with Crippen LogP contribution < -0.4 is 0 Å². The van der Waals surface area contributed by atoms with Crippen molar-refractivity contribution in [1.82, 2.24) is 4.90 Å². The minimum Gasteiger partial charge on any atom is -0.301 e. The van der Waals surface area contributed by atoms with Crippen molar-refractivity contribution in [2.24, 2.45) is 5.41 Å². The summed E-state index contributed by atoms with van der Waals surface area (Å²) < 4.78 is 0. The first-order chi connectivity index (χ1) is 5.40. The van der Waals surface area contributed by atoms with Gasteiger partial charge in [0, 0.05) is 12.1 Å². The topological polar surface area (TPSA) is 3.24 Å². The van der Waals surface area contributed by atoms with Crippen LogP contribution >= 0.6 is 0 Å². The molecule has 1 atom stereocenters. The summed E-state index contributed by atoms with van der Waals surface area (Å²) in [7, 11) is 2.26. The molecule has 72 valence electrons. The molecule has 1 unspecified atom stereocenters. The standard InChI is InChI=1S/C11H23N/c1-6-11(4)8-7-10(2,3)12(5)9-11/h6-9H2,1-5H3. The predicted octanol–water partition coefficient (Wildman–Crippen LogP) is 2.91. The fourth-order valence-electron chi connectivity index (χ4n) is 1.95. The summed E-state index contributed by atoms with van der Waals surface area (Å²) in [6.07, 6.45) is 4.04. The van der Waals surface area contributed by atoms with Gasteiger partial charge in [-0.2, -0.15) is 0 Å². The van der Waals surface area contributed by atoms with Crippen molar-refractivity contribution in [3.05, 3.63) is 0 Å². The highest BCUT2D eigenvalue weighted by molar-refractivity contribution is 4.91. The van der Waals surface area contributed by atoms with Gasteiger partial charge < -0.3 is 4.90 Å². The van der Waals surface area contributed by atoms with Gasteiger partial charge in [-0.1, -0.05) is 13.8 Å². The van der Waals surface area contributed by atoms with E-state index in [2.05, 4.69) is 39.6 Å². The van der Waals surface area contributed by atoms with Crippen LogP contribution in [0.4, 0.5) is 0 Å². The van der Waals surface area contributed by atoms with Crippen LogP contribution in [-0.4, -0.2) is 24.0 Å². The average molecular weight is 169 g/mol. The van der Waals surface area contributed by atoms with E-state index in [-0.39, 0.29) is 0 Å². The van der Waals surface area contributed by atoms with E-state index in [1.165, 1.54) is 25.8 Å². The molecule has 1 aliphatic heterocycles. The van der Waals surface area contributed by atoms with Crippen LogP contribution in [0.25, 0.3) is 0 Å². The maximum Gasteiger partial charge on any atom is 0.0150 e. The van der Waals surface area contributed by atoms with Crippen molar-refractivity contribution >= 4 is 0 Å². The number of hydrogen-bond donors (Lipinski definition) is 0. The maximum atomic E-state index is 2.51. The molecular weight excluding hydrogens is 146 g/mol. The zero-order valence-electron chi connectivity index (χ0n) is 9.28. The van der Waals surface area contributed by atoms with Gasteiger partial charge in [0.15, 0.2) is 0 Å². The molecule has 12 heavy (non-hydrogen) atoms. The summed E-state index contributed by atoms with van der Waals surface area (Å²) in [6.45, 7) is 10.7. The van der Waals surface area contributed by atoms with Gasteiger partial charge >= 0.3 is 0 Å². The van der Waals surface area contributed by atoms with Crippen LogP contribution in [0.1, 0.15) is 47.0 Å². The highest BCUT2D eigenvalue weighted by Gasteiger charge is 2.37. The Bertz CT molecular complexity index is 162. The zero-order valence-corrected chi connectivity index (χ0v) is 9.28. The minimum atomic E-state index is 0.425. The SMILES string of the molecule is CCC1(C)CCC(C)(C)N(C)C1. The third-order valence-corrected chi connectivity index (χ3v) is 3.85. The van der Waals surface area contributed by atoms with Crippen molar-refractivity contribution in [1.29, 1.82) is 0 Å². The quantitative estimate of drug-likeness (QED) is 0.583. The Labute approximate surface area is 77.1 Å². The first-order valence-electron chi connectivity index (χ1n) is 5.11.